The number of hydrogen-bond acceptors (Lipinski definition) is 7. The van der Waals surface area contributed by atoms with Crippen LogP contribution < -0.4 is 5.32 Å². The van der Waals surface area contributed by atoms with Crippen molar-refractivity contribution < 1.29 is 18.7 Å². The van der Waals surface area contributed by atoms with Gasteiger partial charge in [-0.15, -0.1) is 22.7 Å². The summed E-state index contributed by atoms with van der Waals surface area (Å²) in [4.78, 5) is 30.4. The van der Waals surface area contributed by atoms with Gasteiger partial charge >= 0.3 is 5.97 Å². The van der Waals surface area contributed by atoms with Gasteiger partial charge in [0.2, 0.25) is 11.8 Å². The van der Waals surface area contributed by atoms with Crippen LogP contribution in [0.2, 0.25) is 0 Å². The van der Waals surface area contributed by atoms with Crippen LogP contribution in [0.15, 0.2) is 39.4 Å². The van der Waals surface area contributed by atoms with Crippen molar-refractivity contribution in [1.29, 1.82) is 0 Å². The van der Waals surface area contributed by atoms with Gasteiger partial charge in [0.25, 0.3) is 0 Å². The van der Waals surface area contributed by atoms with Gasteiger partial charge in [0.15, 0.2) is 0 Å². The molecule has 1 amide bonds. The van der Waals surface area contributed by atoms with Crippen molar-refractivity contribution in [3.63, 3.8) is 0 Å². The Morgan fingerprint density at radius 3 is 2.69 bits per heavy atom. The molecule has 0 spiro atoms. The van der Waals surface area contributed by atoms with Gasteiger partial charge in [-0.05, 0) is 29.8 Å². The summed E-state index contributed by atoms with van der Waals surface area (Å²) in [5.74, 6) is 0.539. The van der Waals surface area contributed by atoms with Gasteiger partial charge in [-0.1, -0.05) is 12.1 Å². The van der Waals surface area contributed by atoms with Gasteiger partial charge in [-0.2, -0.15) is 0 Å². The van der Waals surface area contributed by atoms with Gasteiger partial charge in [-0.3, -0.25) is 9.59 Å². The molecule has 0 aromatic carbocycles. The molecule has 0 saturated carbocycles. The molecule has 0 fully saturated rings. The summed E-state index contributed by atoms with van der Waals surface area (Å²) in [5.41, 5.74) is 0.592. The first-order valence-corrected chi connectivity index (χ1v) is 9.72. The van der Waals surface area contributed by atoms with Crippen molar-refractivity contribution in [2.24, 2.45) is 0 Å². The maximum absolute atomic E-state index is 12.5. The number of esters is 1. The number of methoxy groups -OCH3 is 1. The number of aryl methyl sites for hydroxylation is 1. The van der Waals surface area contributed by atoms with Crippen molar-refractivity contribution in [3.8, 4) is 10.8 Å². The number of oxazole rings is 1. The number of ether oxygens (including phenoxy) is 1. The van der Waals surface area contributed by atoms with Gasteiger partial charge < -0.3 is 14.5 Å². The lowest BCUT2D eigenvalue weighted by Gasteiger charge is -2.16. The summed E-state index contributed by atoms with van der Waals surface area (Å²) in [6.07, 6.45) is 0.171. The molecule has 1 N–H and O–H groups in total. The second-order valence-corrected chi connectivity index (χ2v) is 7.52. The van der Waals surface area contributed by atoms with E-state index in [2.05, 4.69) is 10.3 Å². The number of amides is 1. The minimum atomic E-state index is -0.418. The van der Waals surface area contributed by atoms with Crippen molar-refractivity contribution in [3.05, 3.63) is 51.4 Å². The molecule has 6 nitrogen and oxygen atoms in total. The second-order valence-electron chi connectivity index (χ2n) is 5.59. The molecule has 0 aliphatic heterocycles. The predicted molar refractivity (Wildman–Crippen MR) is 100 cm³/mol. The fourth-order valence-electron chi connectivity index (χ4n) is 2.46. The second kappa shape index (κ2) is 8.29. The lowest BCUT2D eigenvalue weighted by atomic mass is 10.1. The highest BCUT2D eigenvalue weighted by atomic mass is 32.1. The van der Waals surface area contributed by atoms with Crippen LogP contribution in [-0.2, 0) is 20.7 Å². The summed E-state index contributed by atoms with van der Waals surface area (Å²) in [6, 6.07) is 7.19. The molecule has 136 valence electrons. The molecule has 26 heavy (non-hydrogen) atoms. The van der Waals surface area contributed by atoms with Crippen molar-refractivity contribution in [1.82, 2.24) is 10.3 Å². The molecule has 3 aromatic rings. The molecular formula is C18H18N2O4S2. The first-order valence-electron chi connectivity index (χ1n) is 7.96. The average Bonchev–Trinajstić information content (AvgIpc) is 3.36. The van der Waals surface area contributed by atoms with Crippen LogP contribution in [0.3, 0.4) is 0 Å². The highest BCUT2D eigenvalue weighted by Gasteiger charge is 2.22. The first kappa shape index (κ1) is 18.3. The summed E-state index contributed by atoms with van der Waals surface area (Å²) in [7, 11) is 1.33. The molecule has 0 saturated heterocycles. The van der Waals surface area contributed by atoms with Gasteiger partial charge in [-0.25, -0.2) is 4.98 Å². The maximum atomic E-state index is 12.5. The molecule has 3 rings (SSSR count). The SMILES string of the molecule is COC(=O)CC(NC(=O)Cc1nc(-c2cccs2)oc1C)c1cccs1. The molecule has 0 aliphatic rings. The van der Waals surface area contributed by atoms with E-state index in [1.807, 2.05) is 35.0 Å². The molecule has 0 aliphatic carbocycles. The zero-order valence-electron chi connectivity index (χ0n) is 14.4. The van der Waals surface area contributed by atoms with E-state index in [1.54, 1.807) is 6.92 Å². The summed E-state index contributed by atoms with van der Waals surface area (Å²) in [6.45, 7) is 1.79. The van der Waals surface area contributed by atoms with E-state index in [-0.39, 0.29) is 24.7 Å². The average molecular weight is 390 g/mol. The predicted octanol–water partition coefficient (Wildman–Crippen LogP) is 3.74. The fraction of sp³-hybridized carbons (Fsp3) is 0.278. The van der Waals surface area contributed by atoms with Crippen LogP contribution in [0.25, 0.3) is 10.8 Å². The van der Waals surface area contributed by atoms with Gasteiger partial charge in [0.1, 0.15) is 5.76 Å². The number of nitrogens with zero attached hydrogens (tertiary/aromatic N) is 1. The Bertz CT molecular complexity index is 869. The van der Waals surface area contributed by atoms with Crippen LogP contribution in [0.1, 0.15) is 28.8 Å². The molecular weight excluding hydrogens is 372 g/mol. The molecule has 3 heterocycles. The number of carbonyl (C=O) groups excluding carboxylic acids is 2. The van der Waals surface area contributed by atoms with E-state index in [0.29, 0.717) is 17.3 Å². The van der Waals surface area contributed by atoms with Crippen molar-refractivity contribution in [2.45, 2.75) is 25.8 Å². The largest absolute Gasteiger partial charge is 0.469 e. The Morgan fingerprint density at radius 2 is 2.04 bits per heavy atom. The van der Waals surface area contributed by atoms with E-state index in [9.17, 15) is 9.59 Å². The maximum Gasteiger partial charge on any atom is 0.307 e. The highest BCUT2D eigenvalue weighted by molar-refractivity contribution is 7.13. The summed E-state index contributed by atoms with van der Waals surface area (Å²) in [5, 5.41) is 6.74. The smallest absolute Gasteiger partial charge is 0.307 e. The third-order valence-electron chi connectivity index (χ3n) is 3.77. The molecule has 1 atom stereocenters. The van der Waals surface area contributed by atoms with E-state index >= 15 is 0 Å². The molecule has 1 unspecified atom stereocenters. The van der Waals surface area contributed by atoms with Gasteiger partial charge in [0.05, 0.1) is 36.6 Å². The lowest BCUT2D eigenvalue weighted by Crippen LogP contribution is -2.31. The van der Waals surface area contributed by atoms with Crippen LogP contribution in [0.5, 0.6) is 0 Å². The number of rotatable bonds is 7. The zero-order valence-corrected chi connectivity index (χ0v) is 16.0. The Balaban J connectivity index is 1.69. The van der Waals surface area contributed by atoms with Crippen LogP contribution >= 0.6 is 22.7 Å². The monoisotopic (exact) mass is 390 g/mol. The van der Waals surface area contributed by atoms with E-state index < -0.39 is 6.04 Å². The normalized spacial score (nSPS) is 11.9. The summed E-state index contributed by atoms with van der Waals surface area (Å²) < 4.78 is 10.4. The standard InChI is InChI=1S/C18H18N2O4S2/c1-11-12(20-18(24-11)15-6-4-8-26-15)9-16(21)19-13(10-17(22)23-2)14-5-3-7-25-14/h3-8,13H,9-10H2,1-2H3,(H,19,21). The van der Waals surface area contributed by atoms with Crippen LogP contribution in [0, 0.1) is 6.92 Å². The number of aromatic nitrogens is 1. The van der Waals surface area contributed by atoms with Crippen molar-refractivity contribution in [2.75, 3.05) is 7.11 Å². The first-order chi connectivity index (χ1) is 12.6. The summed E-state index contributed by atoms with van der Waals surface area (Å²) >= 11 is 3.01. The third-order valence-corrected chi connectivity index (χ3v) is 5.62. The van der Waals surface area contributed by atoms with Crippen LogP contribution in [0.4, 0.5) is 0 Å². The minimum absolute atomic E-state index is 0.0843. The minimum Gasteiger partial charge on any atom is -0.469 e. The molecule has 8 heteroatoms. The quantitative estimate of drug-likeness (QED) is 0.622. The lowest BCUT2D eigenvalue weighted by molar-refractivity contribution is -0.141. The Kier molecular flexibility index (Phi) is 5.85. The van der Waals surface area contributed by atoms with Crippen molar-refractivity contribution >= 4 is 34.6 Å². The van der Waals surface area contributed by atoms with Crippen LogP contribution in [-0.4, -0.2) is 24.0 Å². The number of hydrogen-bond donors (Lipinski definition) is 1. The zero-order chi connectivity index (χ0) is 18.5. The topological polar surface area (TPSA) is 81.4 Å². The van der Waals surface area contributed by atoms with E-state index in [4.69, 9.17) is 9.15 Å². The molecule has 3 aromatic heterocycles. The molecule has 0 bridgehead atoms. The van der Waals surface area contributed by atoms with E-state index in [0.717, 1.165) is 9.75 Å². The number of nitrogens with one attached hydrogen (secondary N) is 1. The third kappa shape index (κ3) is 4.39. The van der Waals surface area contributed by atoms with E-state index in [1.165, 1.54) is 29.8 Å². The highest BCUT2D eigenvalue weighted by Crippen LogP contribution is 2.26. The van der Waals surface area contributed by atoms with Gasteiger partial charge in [0, 0.05) is 4.88 Å². The number of carbonyl (C=O) groups is 2. The molecule has 0 radical (unpaired) electrons. The Morgan fingerprint density at radius 1 is 1.27 bits per heavy atom. The Labute approximate surface area is 158 Å². The Hall–Kier alpha value is -2.45. The number of thiophene rings is 2. The fourth-order valence-corrected chi connectivity index (χ4v) is 3.88.